The lowest BCUT2D eigenvalue weighted by atomic mass is 9.97. The Labute approximate surface area is 106 Å². The van der Waals surface area contributed by atoms with E-state index in [2.05, 4.69) is 15.9 Å². The zero-order valence-electron chi connectivity index (χ0n) is 8.76. The van der Waals surface area contributed by atoms with Gasteiger partial charge in [-0.15, -0.1) is 0 Å². The van der Waals surface area contributed by atoms with Crippen LogP contribution in [0.5, 0.6) is 5.75 Å². The van der Waals surface area contributed by atoms with Crippen molar-refractivity contribution in [2.75, 3.05) is 5.33 Å². The molecule has 1 aromatic rings. The van der Waals surface area contributed by atoms with Crippen LogP contribution in [0.3, 0.4) is 0 Å². The van der Waals surface area contributed by atoms with Gasteiger partial charge in [-0.25, -0.2) is 4.79 Å². The molecule has 0 bridgehead atoms. The number of phenols is 1. The smallest absolute Gasteiger partial charge is 0.337 e. The van der Waals surface area contributed by atoms with Crippen LogP contribution in [0.4, 0.5) is 0 Å². The maximum atomic E-state index is 11.7. The summed E-state index contributed by atoms with van der Waals surface area (Å²) >= 11 is 3.09. The predicted octanol–water partition coefficient (Wildman–Crippen LogP) is 1.48. The Hall–Kier alpha value is -1.40. The minimum absolute atomic E-state index is 0.0272. The van der Waals surface area contributed by atoms with Crippen molar-refractivity contribution in [3.8, 4) is 5.75 Å². The highest BCUT2D eigenvalue weighted by atomic mass is 79.9. The molecule has 0 saturated heterocycles. The summed E-state index contributed by atoms with van der Waals surface area (Å²) in [4.78, 5) is 22.4. The number of phenolic OH excluding ortho intramolecular Hbond substituents is 1. The average Bonchev–Trinajstić information content (AvgIpc) is 2.28. The average molecular weight is 303 g/mol. The van der Waals surface area contributed by atoms with Gasteiger partial charge in [0.05, 0.1) is 0 Å². The second-order valence-electron chi connectivity index (χ2n) is 3.34. The van der Waals surface area contributed by atoms with Gasteiger partial charge < -0.3 is 15.3 Å². The first-order valence-electron chi connectivity index (χ1n) is 4.81. The normalized spacial score (nSPS) is 12.1. The molecule has 0 spiro atoms. The number of carbonyl (C=O) groups is 2. The van der Waals surface area contributed by atoms with Crippen LogP contribution in [0, 0.1) is 0 Å². The van der Waals surface area contributed by atoms with Gasteiger partial charge in [-0.05, 0) is 6.07 Å². The third-order valence-electron chi connectivity index (χ3n) is 2.21. The number of rotatable bonds is 5. The van der Waals surface area contributed by atoms with Gasteiger partial charge in [0.25, 0.3) is 0 Å². The molecule has 0 saturated carbocycles. The summed E-state index contributed by atoms with van der Waals surface area (Å²) in [6.07, 6.45) is -1.76. The fourth-order valence-corrected chi connectivity index (χ4v) is 1.79. The van der Waals surface area contributed by atoms with Crippen LogP contribution in [-0.2, 0) is 4.79 Å². The number of aliphatic carboxylic acids is 1. The van der Waals surface area contributed by atoms with Crippen molar-refractivity contribution in [3.05, 3.63) is 29.3 Å². The molecule has 0 amide bonds. The maximum Gasteiger partial charge on any atom is 0.337 e. The van der Waals surface area contributed by atoms with E-state index in [9.17, 15) is 19.8 Å². The molecule has 1 atom stereocenters. The summed E-state index contributed by atoms with van der Waals surface area (Å²) in [6, 6.07) is 4.04. The number of hydrogen-bond donors (Lipinski definition) is 3. The number of ketones is 1. The van der Waals surface area contributed by atoms with Crippen molar-refractivity contribution in [1.82, 2.24) is 0 Å². The topological polar surface area (TPSA) is 94.8 Å². The van der Waals surface area contributed by atoms with Crippen LogP contribution in [-0.4, -0.2) is 32.4 Å². The Kier molecular flexibility index (Phi) is 4.65. The number of aliphatic hydroxyl groups excluding tert-OH is 1. The molecule has 0 aliphatic carbocycles. The lowest BCUT2D eigenvalue weighted by molar-refractivity contribution is -0.147. The van der Waals surface area contributed by atoms with Gasteiger partial charge in [0.2, 0.25) is 0 Å². The van der Waals surface area contributed by atoms with Gasteiger partial charge in [-0.3, -0.25) is 4.79 Å². The number of aliphatic hydroxyl groups is 1. The zero-order chi connectivity index (χ0) is 13.0. The molecule has 5 nitrogen and oxygen atoms in total. The Morgan fingerprint density at radius 1 is 1.35 bits per heavy atom. The molecule has 92 valence electrons. The number of alkyl halides is 1. The number of carboxylic acid groups (broad SMARTS) is 1. The zero-order valence-corrected chi connectivity index (χ0v) is 10.3. The van der Waals surface area contributed by atoms with Crippen molar-refractivity contribution in [1.29, 1.82) is 0 Å². The molecule has 6 heteroatoms. The largest absolute Gasteiger partial charge is 0.508 e. The highest BCUT2D eigenvalue weighted by molar-refractivity contribution is 9.09. The molecular formula is C11H11BrO5. The first-order chi connectivity index (χ1) is 7.99. The molecule has 0 aliphatic heterocycles. The van der Waals surface area contributed by atoms with E-state index >= 15 is 0 Å². The second-order valence-corrected chi connectivity index (χ2v) is 4.13. The van der Waals surface area contributed by atoms with Gasteiger partial charge in [-0.2, -0.15) is 0 Å². The molecule has 0 fully saturated rings. The van der Waals surface area contributed by atoms with E-state index in [0.717, 1.165) is 0 Å². The maximum absolute atomic E-state index is 11.7. The Bertz CT molecular complexity index is 443. The van der Waals surface area contributed by atoms with Gasteiger partial charge in [-0.1, -0.05) is 28.1 Å². The standard InChI is InChI=1S/C11H11BrO5/c12-5-4-7(13)6-2-1-3-8(14)9(6)10(15)11(16)17/h1-3,10,14-15H,4-5H2,(H,16,17). The third kappa shape index (κ3) is 3.04. The minimum Gasteiger partial charge on any atom is -0.508 e. The summed E-state index contributed by atoms with van der Waals surface area (Å²) in [5.41, 5.74) is -0.231. The van der Waals surface area contributed by atoms with Crippen LogP contribution < -0.4 is 0 Å². The predicted molar refractivity (Wildman–Crippen MR) is 63.4 cm³/mol. The van der Waals surface area contributed by atoms with Crippen molar-refractivity contribution >= 4 is 27.7 Å². The van der Waals surface area contributed by atoms with Gasteiger partial charge in [0, 0.05) is 22.9 Å². The van der Waals surface area contributed by atoms with E-state index < -0.39 is 17.8 Å². The van der Waals surface area contributed by atoms with Crippen LogP contribution in [0.15, 0.2) is 18.2 Å². The van der Waals surface area contributed by atoms with Crippen molar-refractivity contribution in [2.24, 2.45) is 0 Å². The third-order valence-corrected chi connectivity index (χ3v) is 2.61. The van der Waals surface area contributed by atoms with E-state index in [-0.39, 0.29) is 23.3 Å². The first-order valence-corrected chi connectivity index (χ1v) is 5.93. The van der Waals surface area contributed by atoms with E-state index in [0.29, 0.717) is 5.33 Å². The van der Waals surface area contributed by atoms with Crippen LogP contribution in [0.1, 0.15) is 28.4 Å². The summed E-state index contributed by atoms with van der Waals surface area (Å²) in [5, 5.41) is 28.1. The van der Waals surface area contributed by atoms with Crippen molar-refractivity contribution < 1.29 is 24.9 Å². The molecule has 0 heterocycles. The van der Waals surface area contributed by atoms with Gasteiger partial charge >= 0.3 is 5.97 Å². The fourth-order valence-electron chi connectivity index (χ4n) is 1.43. The number of aromatic hydroxyl groups is 1. The van der Waals surface area contributed by atoms with Crippen LogP contribution in [0.2, 0.25) is 0 Å². The Balaban J connectivity index is 3.26. The minimum atomic E-state index is -1.91. The summed E-state index contributed by atoms with van der Waals surface area (Å²) in [7, 11) is 0. The fraction of sp³-hybridized carbons (Fsp3) is 0.273. The van der Waals surface area contributed by atoms with Gasteiger partial charge in [0.1, 0.15) is 5.75 Å². The molecule has 1 rings (SSSR count). The second kappa shape index (κ2) is 5.79. The number of hydrogen-bond acceptors (Lipinski definition) is 4. The monoisotopic (exact) mass is 302 g/mol. The van der Waals surface area contributed by atoms with Crippen molar-refractivity contribution in [3.63, 3.8) is 0 Å². The number of benzene rings is 1. The molecule has 0 radical (unpaired) electrons. The molecule has 0 aromatic heterocycles. The molecule has 1 unspecified atom stereocenters. The SMILES string of the molecule is O=C(CCBr)c1cccc(O)c1C(O)C(=O)O. The highest BCUT2D eigenvalue weighted by Crippen LogP contribution is 2.29. The lowest BCUT2D eigenvalue weighted by Gasteiger charge is -2.12. The lowest BCUT2D eigenvalue weighted by Crippen LogP contribution is -2.15. The van der Waals surface area contributed by atoms with Gasteiger partial charge in [0.15, 0.2) is 11.9 Å². The summed E-state index contributed by atoms with van der Waals surface area (Å²) < 4.78 is 0. The van der Waals surface area contributed by atoms with Crippen LogP contribution in [0.25, 0.3) is 0 Å². The Morgan fingerprint density at radius 3 is 2.53 bits per heavy atom. The number of carbonyl (C=O) groups excluding carboxylic acids is 1. The summed E-state index contributed by atoms with van der Waals surface area (Å²) in [6.45, 7) is 0. The first kappa shape index (κ1) is 13.7. The molecular weight excluding hydrogens is 292 g/mol. The quantitative estimate of drug-likeness (QED) is 0.566. The summed E-state index contributed by atoms with van der Waals surface area (Å²) in [5.74, 6) is -2.26. The highest BCUT2D eigenvalue weighted by Gasteiger charge is 2.25. The molecule has 0 aliphatic rings. The number of halogens is 1. The Morgan fingerprint density at radius 2 is 2.00 bits per heavy atom. The molecule has 3 N–H and O–H groups in total. The van der Waals surface area contributed by atoms with Crippen LogP contribution >= 0.6 is 15.9 Å². The van der Waals surface area contributed by atoms with E-state index in [1.54, 1.807) is 0 Å². The van der Waals surface area contributed by atoms with E-state index in [4.69, 9.17) is 5.11 Å². The van der Waals surface area contributed by atoms with E-state index in [1.807, 2.05) is 0 Å². The molecule has 1 aromatic carbocycles. The van der Waals surface area contributed by atoms with E-state index in [1.165, 1.54) is 18.2 Å². The molecule has 17 heavy (non-hydrogen) atoms. The number of carboxylic acids is 1. The number of Topliss-reactive ketones (excluding diaryl/α,β-unsaturated/α-hetero) is 1. The van der Waals surface area contributed by atoms with Crippen molar-refractivity contribution in [2.45, 2.75) is 12.5 Å².